The van der Waals surface area contributed by atoms with Crippen LogP contribution < -0.4 is 9.64 Å². The Labute approximate surface area is 170 Å². The Hall–Kier alpha value is -3.99. The number of pyridine rings is 1. The van der Waals surface area contributed by atoms with Crippen LogP contribution in [0.1, 0.15) is 0 Å². The van der Waals surface area contributed by atoms with Crippen molar-refractivity contribution >= 4 is 23.3 Å². The summed E-state index contributed by atoms with van der Waals surface area (Å²) in [7, 11) is 2.32. The van der Waals surface area contributed by atoms with Gasteiger partial charge in [-0.2, -0.15) is 0 Å². The highest BCUT2D eigenvalue weighted by Crippen LogP contribution is 2.34. The summed E-state index contributed by atoms with van der Waals surface area (Å²) < 4.78 is 20.6. The molecule has 1 aliphatic rings. The summed E-state index contributed by atoms with van der Waals surface area (Å²) in [6.45, 7) is -0.333. The molecule has 2 aromatic rings. The lowest BCUT2D eigenvalue weighted by Crippen LogP contribution is -2.38. The van der Waals surface area contributed by atoms with Crippen LogP contribution in [0.15, 0.2) is 54.0 Å². The molecular weight excluding hydrogens is 398 g/mol. The van der Waals surface area contributed by atoms with Gasteiger partial charge < -0.3 is 23.8 Å². The number of rotatable bonds is 6. The van der Waals surface area contributed by atoms with Crippen molar-refractivity contribution in [1.82, 2.24) is 4.98 Å². The molecule has 2 heterocycles. The average molecular weight is 415 g/mol. The van der Waals surface area contributed by atoms with Crippen LogP contribution in [-0.4, -0.2) is 49.4 Å². The smallest absolute Gasteiger partial charge is 0.355 e. The minimum atomic E-state index is -0.820. The van der Waals surface area contributed by atoms with E-state index in [1.807, 2.05) is 0 Å². The molecule has 0 aliphatic carbocycles. The quantitative estimate of drug-likeness (QED) is 0.393. The van der Waals surface area contributed by atoms with Gasteiger partial charge in [0.15, 0.2) is 0 Å². The molecule has 1 aromatic heterocycles. The molecule has 0 amide bonds. The van der Waals surface area contributed by atoms with Crippen molar-refractivity contribution in [3.05, 3.63) is 64.1 Å². The van der Waals surface area contributed by atoms with E-state index in [1.54, 1.807) is 18.3 Å². The van der Waals surface area contributed by atoms with Crippen molar-refractivity contribution in [3.63, 3.8) is 0 Å². The number of carbonyl (C=O) groups is 2. The van der Waals surface area contributed by atoms with Crippen molar-refractivity contribution in [2.75, 3.05) is 32.5 Å². The summed E-state index contributed by atoms with van der Waals surface area (Å²) in [4.78, 5) is 40.6. The monoisotopic (exact) mass is 415 g/mol. The van der Waals surface area contributed by atoms with Crippen LogP contribution in [-0.2, 0) is 23.8 Å². The van der Waals surface area contributed by atoms with Crippen molar-refractivity contribution in [2.24, 2.45) is 0 Å². The molecule has 0 fully saturated rings. The maximum absolute atomic E-state index is 12.4. The zero-order chi connectivity index (χ0) is 21.7. The van der Waals surface area contributed by atoms with Gasteiger partial charge in [-0.15, -0.1) is 0 Å². The van der Waals surface area contributed by atoms with Crippen molar-refractivity contribution in [1.29, 1.82) is 0 Å². The van der Waals surface area contributed by atoms with Crippen LogP contribution >= 0.6 is 0 Å². The molecule has 0 spiro atoms. The molecule has 156 valence electrons. The number of nitro groups is 1. The van der Waals surface area contributed by atoms with Gasteiger partial charge in [0.1, 0.15) is 23.9 Å². The summed E-state index contributed by atoms with van der Waals surface area (Å²) in [6, 6.07) is 7.19. The number of esters is 2. The lowest BCUT2D eigenvalue weighted by molar-refractivity contribution is -0.384. The normalized spacial score (nSPS) is 13.6. The predicted octanol–water partition coefficient (Wildman–Crippen LogP) is 2.18. The molecule has 0 radical (unpaired) electrons. The Morgan fingerprint density at radius 1 is 1.17 bits per heavy atom. The van der Waals surface area contributed by atoms with Gasteiger partial charge in [0.2, 0.25) is 0 Å². The molecule has 0 saturated carbocycles. The molecule has 11 heteroatoms. The number of nitro benzene ring substituents is 1. The molecule has 1 aliphatic heterocycles. The van der Waals surface area contributed by atoms with E-state index in [-0.39, 0.29) is 41.7 Å². The standard InChI is InChI=1S/C19H17N3O8/c1-27-18(23)16-10-29-11-21(17(16)19(24)28-2)12-6-13(22(25)26)8-15(7-12)30-14-4-3-5-20-9-14/h3-9H,10-11H2,1-2H3. The number of methoxy groups -OCH3 is 2. The minimum Gasteiger partial charge on any atom is -0.466 e. The molecule has 30 heavy (non-hydrogen) atoms. The van der Waals surface area contributed by atoms with Gasteiger partial charge in [-0.05, 0) is 12.1 Å². The van der Waals surface area contributed by atoms with E-state index < -0.39 is 16.9 Å². The van der Waals surface area contributed by atoms with Crippen LogP contribution in [0.2, 0.25) is 0 Å². The van der Waals surface area contributed by atoms with E-state index in [9.17, 15) is 19.7 Å². The van der Waals surface area contributed by atoms with E-state index in [1.165, 1.54) is 29.3 Å². The zero-order valence-corrected chi connectivity index (χ0v) is 16.1. The lowest BCUT2D eigenvalue weighted by atomic mass is 10.1. The van der Waals surface area contributed by atoms with Gasteiger partial charge >= 0.3 is 11.9 Å². The zero-order valence-electron chi connectivity index (χ0n) is 16.1. The molecular formula is C19H17N3O8. The summed E-state index contributed by atoms with van der Waals surface area (Å²) in [6.07, 6.45) is 3.00. The number of anilines is 1. The topological polar surface area (TPSA) is 130 Å². The van der Waals surface area contributed by atoms with Crippen LogP contribution in [0, 0.1) is 10.1 Å². The highest BCUT2D eigenvalue weighted by atomic mass is 16.6. The minimum absolute atomic E-state index is 0.0724. The molecule has 11 nitrogen and oxygen atoms in total. The first kappa shape index (κ1) is 20.7. The number of ether oxygens (including phenoxy) is 4. The third-order valence-corrected chi connectivity index (χ3v) is 4.10. The summed E-state index contributed by atoms with van der Waals surface area (Å²) >= 11 is 0. The van der Waals surface area contributed by atoms with E-state index in [0.717, 1.165) is 14.2 Å². The van der Waals surface area contributed by atoms with Crippen molar-refractivity contribution < 1.29 is 33.5 Å². The van der Waals surface area contributed by atoms with Crippen molar-refractivity contribution in [2.45, 2.75) is 0 Å². The fraction of sp³-hybridized carbons (Fsp3) is 0.211. The third kappa shape index (κ3) is 4.36. The number of non-ortho nitro benzene ring substituents is 1. The first-order valence-electron chi connectivity index (χ1n) is 8.57. The number of hydrogen-bond acceptors (Lipinski definition) is 10. The summed E-state index contributed by atoms with van der Waals surface area (Å²) in [5, 5.41) is 11.4. The number of carbonyl (C=O) groups excluding carboxylic acids is 2. The fourth-order valence-corrected chi connectivity index (χ4v) is 2.78. The van der Waals surface area contributed by atoms with E-state index in [2.05, 4.69) is 4.98 Å². The Bertz CT molecular complexity index is 1010. The predicted molar refractivity (Wildman–Crippen MR) is 102 cm³/mol. The van der Waals surface area contributed by atoms with Gasteiger partial charge in [0.25, 0.3) is 5.69 Å². The number of hydrogen-bond donors (Lipinski definition) is 0. The molecule has 0 atom stereocenters. The molecule has 0 unspecified atom stereocenters. The second kappa shape index (κ2) is 9.01. The van der Waals surface area contributed by atoms with E-state index in [4.69, 9.17) is 18.9 Å². The molecule has 0 bridgehead atoms. The van der Waals surface area contributed by atoms with E-state index >= 15 is 0 Å². The Morgan fingerprint density at radius 2 is 1.93 bits per heavy atom. The van der Waals surface area contributed by atoms with Crippen molar-refractivity contribution in [3.8, 4) is 11.5 Å². The number of benzene rings is 1. The van der Waals surface area contributed by atoms with E-state index in [0.29, 0.717) is 5.75 Å². The largest absolute Gasteiger partial charge is 0.466 e. The van der Waals surface area contributed by atoms with Crippen LogP contribution in [0.5, 0.6) is 11.5 Å². The molecule has 3 rings (SSSR count). The third-order valence-electron chi connectivity index (χ3n) is 4.10. The Morgan fingerprint density at radius 3 is 2.57 bits per heavy atom. The first-order chi connectivity index (χ1) is 14.4. The molecule has 0 N–H and O–H groups in total. The maximum atomic E-state index is 12.4. The van der Waals surface area contributed by atoms with Gasteiger partial charge in [-0.1, -0.05) is 0 Å². The number of nitrogens with zero attached hydrogens (tertiary/aromatic N) is 3. The first-order valence-corrected chi connectivity index (χ1v) is 8.57. The second-order valence-corrected chi connectivity index (χ2v) is 5.95. The Balaban J connectivity index is 2.11. The van der Waals surface area contributed by atoms with Gasteiger partial charge in [0.05, 0.1) is 49.3 Å². The van der Waals surface area contributed by atoms with Gasteiger partial charge in [0, 0.05) is 18.3 Å². The fourth-order valence-electron chi connectivity index (χ4n) is 2.78. The van der Waals surface area contributed by atoms with Crippen LogP contribution in [0.25, 0.3) is 0 Å². The SMILES string of the molecule is COC(=O)C1=C(C(=O)OC)N(c2cc(Oc3cccnc3)cc([N+](=O)[O-])c2)COC1. The second-order valence-electron chi connectivity index (χ2n) is 5.95. The van der Waals surface area contributed by atoms with Crippen LogP contribution in [0.3, 0.4) is 0 Å². The summed E-state index contributed by atoms with van der Waals surface area (Å²) in [5.41, 5.74) is -0.314. The molecule has 1 aromatic carbocycles. The average Bonchev–Trinajstić information content (AvgIpc) is 2.77. The molecule has 0 saturated heterocycles. The highest BCUT2D eigenvalue weighted by Gasteiger charge is 2.33. The maximum Gasteiger partial charge on any atom is 0.355 e. The van der Waals surface area contributed by atoms with Gasteiger partial charge in [-0.3, -0.25) is 15.1 Å². The highest BCUT2D eigenvalue weighted by molar-refractivity contribution is 6.03. The Kier molecular flexibility index (Phi) is 6.23. The van der Waals surface area contributed by atoms with Gasteiger partial charge in [-0.25, -0.2) is 9.59 Å². The number of aromatic nitrogens is 1. The van der Waals surface area contributed by atoms with Crippen LogP contribution in [0.4, 0.5) is 11.4 Å². The summed E-state index contributed by atoms with van der Waals surface area (Å²) in [5.74, 6) is -1.11. The lowest BCUT2D eigenvalue weighted by Gasteiger charge is -2.31.